The third-order valence-corrected chi connectivity index (χ3v) is 4.59. The lowest BCUT2D eigenvalue weighted by Gasteiger charge is -2.28. The molecule has 1 aromatic heterocycles. The summed E-state index contributed by atoms with van der Waals surface area (Å²) >= 11 is 0. The van der Waals surface area contributed by atoms with Crippen LogP contribution in [0.4, 0.5) is 0 Å². The maximum absolute atomic E-state index is 12.4. The smallest absolute Gasteiger partial charge is 0.309 e. The molecule has 2 heterocycles. The first-order valence-corrected chi connectivity index (χ1v) is 8.05. The van der Waals surface area contributed by atoms with Gasteiger partial charge in [-0.05, 0) is 30.2 Å². The fraction of sp³-hybridized carbons (Fsp3) is 0.316. The van der Waals surface area contributed by atoms with Crippen molar-refractivity contribution in [3.8, 4) is 0 Å². The molecule has 2 atom stereocenters. The first-order chi connectivity index (χ1) is 11.6. The number of aryl methyl sites for hydroxylation is 1. The molecule has 1 fully saturated rings. The summed E-state index contributed by atoms with van der Waals surface area (Å²) < 4.78 is 0. The number of carboxylic acids is 1. The monoisotopic (exact) mass is 324 g/mol. The van der Waals surface area contributed by atoms with Crippen LogP contribution in [-0.4, -0.2) is 33.4 Å². The first-order valence-electron chi connectivity index (χ1n) is 8.05. The number of amides is 1. The number of hydrogen-bond acceptors (Lipinski definition) is 3. The topological polar surface area (TPSA) is 70.5 Å². The van der Waals surface area contributed by atoms with Gasteiger partial charge in [0.25, 0.3) is 0 Å². The fourth-order valence-electron chi connectivity index (χ4n) is 3.36. The fourth-order valence-corrected chi connectivity index (χ4v) is 3.36. The standard InChI is InChI=1S/C19H20N2O3/c1-13-6-2-3-8-15(13)18-16(19(23)24)12-17(22)21(18)11-9-14-7-4-5-10-20-14/h2-8,10,16,18H,9,11-12H2,1H3,(H,23,24)/t16-,18-/m0/s1. The van der Waals surface area contributed by atoms with Gasteiger partial charge in [-0.2, -0.15) is 0 Å². The van der Waals surface area contributed by atoms with E-state index in [0.717, 1.165) is 16.8 Å². The van der Waals surface area contributed by atoms with E-state index in [2.05, 4.69) is 4.98 Å². The second-order valence-corrected chi connectivity index (χ2v) is 6.11. The van der Waals surface area contributed by atoms with Crippen LogP contribution in [0.1, 0.15) is 29.3 Å². The summed E-state index contributed by atoms with van der Waals surface area (Å²) in [7, 11) is 0. The third kappa shape index (κ3) is 3.15. The minimum Gasteiger partial charge on any atom is -0.481 e. The largest absolute Gasteiger partial charge is 0.481 e. The molecule has 0 bridgehead atoms. The van der Waals surface area contributed by atoms with Crippen LogP contribution >= 0.6 is 0 Å². The van der Waals surface area contributed by atoms with Crippen molar-refractivity contribution in [2.45, 2.75) is 25.8 Å². The molecular weight excluding hydrogens is 304 g/mol. The van der Waals surface area contributed by atoms with Crippen molar-refractivity contribution in [3.63, 3.8) is 0 Å². The maximum atomic E-state index is 12.4. The van der Waals surface area contributed by atoms with Gasteiger partial charge in [0.2, 0.25) is 5.91 Å². The lowest BCUT2D eigenvalue weighted by atomic mass is 9.91. The van der Waals surface area contributed by atoms with E-state index in [1.165, 1.54) is 0 Å². The summed E-state index contributed by atoms with van der Waals surface area (Å²) in [6, 6.07) is 12.9. The number of pyridine rings is 1. The molecule has 0 unspecified atom stereocenters. The SMILES string of the molecule is Cc1ccccc1[C@H]1[C@@H](C(=O)O)CC(=O)N1CCc1ccccn1. The molecule has 5 nitrogen and oxygen atoms in total. The Bertz CT molecular complexity index is 745. The lowest BCUT2D eigenvalue weighted by Crippen LogP contribution is -2.33. The van der Waals surface area contributed by atoms with Crippen molar-refractivity contribution in [1.29, 1.82) is 0 Å². The molecule has 1 aliphatic heterocycles. The third-order valence-electron chi connectivity index (χ3n) is 4.59. The lowest BCUT2D eigenvalue weighted by molar-refractivity contribution is -0.142. The molecule has 1 aromatic carbocycles. The van der Waals surface area contributed by atoms with Gasteiger partial charge in [0, 0.05) is 31.3 Å². The Hall–Kier alpha value is -2.69. The van der Waals surface area contributed by atoms with E-state index in [-0.39, 0.29) is 12.3 Å². The van der Waals surface area contributed by atoms with Gasteiger partial charge in [-0.25, -0.2) is 0 Å². The number of nitrogens with zero attached hydrogens (tertiary/aromatic N) is 2. The number of carbonyl (C=O) groups excluding carboxylic acids is 1. The minimum atomic E-state index is -0.920. The number of carboxylic acid groups (broad SMARTS) is 1. The molecule has 124 valence electrons. The average Bonchev–Trinajstić information content (AvgIpc) is 2.91. The molecule has 0 spiro atoms. The Kier molecular flexibility index (Phi) is 4.60. The molecule has 1 amide bonds. The van der Waals surface area contributed by atoms with Gasteiger partial charge in [-0.3, -0.25) is 14.6 Å². The number of aromatic nitrogens is 1. The van der Waals surface area contributed by atoms with Crippen LogP contribution in [0.2, 0.25) is 0 Å². The van der Waals surface area contributed by atoms with Crippen LogP contribution < -0.4 is 0 Å². The van der Waals surface area contributed by atoms with Gasteiger partial charge < -0.3 is 10.0 Å². The molecule has 2 aromatic rings. The number of hydrogen-bond donors (Lipinski definition) is 1. The van der Waals surface area contributed by atoms with Crippen LogP contribution in [0.15, 0.2) is 48.7 Å². The molecule has 0 aliphatic carbocycles. The van der Waals surface area contributed by atoms with Crippen molar-refractivity contribution in [1.82, 2.24) is 9.88 Å². The van der Waals surface area contributed by atoms with Gasteiger partial charge in [-0.1, -0.05) is 30.3 Å². The second-order valence-electron chi connectivity index (χ2n) is 6.11. The molecule has 3 rings (SSSR count). The number of aliphatic carboxylic acids is 1. The molecule has 0 saturated carbocycles. The predicted molar refractivity (Wildman–Crippen MR) is 89.3 cm³/mol. The molecule has 1 N–H and O–H groups in total. The summed E-state index contributed by atoms with van der Waals surface area (Å²) in [6.07, 6.45) is 2.39. The quantitative estimate of drug-likeness (QED) is 0.918. The second kappa shape index (κ2) is 6.83. The average molecular weight is 324 g/mol. The van der Waals surface area contributed by atoms with Crippen molar-refractivity contribution < 1.29 is 14.7 Å². The van der Waals surface area contributed by atoms with Gasteiger partial charge in [0.15, 0.2) is 0 Å². The molecule has 0 radical (unpaired) electrons. The van der Waals surface area contributed by atoms with Crippen molar-refractivity contribution >= 4 is 11.9 Å². The van der Waals surface area contributed by atoms with E-state index < -0.39 is 17.9 Å². The van der Waals surface area contributed by atoms with E-state index in [1.54, 1.807) is 11.1 Å². The van der Waals surface area contributed by atoms with Crippen LogP contribution in [0.5, 0.6) is 0 Å². The van der Waals surface area contributed by atoms with Crippen LogP contribution in [0.25, 0.3) is 0 Å². The first kappa shape index (κ1) is 16.2. The minimum absolute atomic E-state index is 0.0521. The molecule has 1 saturated heterocycles. The summed E-state index contributed by atoms with van der Waals surface area (Å²) in [5.41, 5.74) is 2.82. The number of likely N-dealkylation sites (tertiary alicyclic amines) is 1. The number of benzene rings is 1. The number of rotatable bonds is 5. The van der Waals surface area contributed by atoms with E-state index >= 15 is 0 Å². The van der Waals surface area contributed by atoms with Gasteiger partial charge in [0.05, 0.1) is 12.0 Å². The molecule has 24 heavy (non-hydrogen) atoms. The zero-order chi connectivity index (χ0) is 17.1. The van der Waals surface area contributed by atoms with Crippen LogP contribution in [0.3, 0.4) is 0 Å². The van der Waals surface area contributed by atoms with Crippen LogP contribution in [-0.2, 0) is 16.0 Å². The van der Waals surface area contributed by atoms with E-state index in [0.29, 0.717) is 13.0 Å². The Morgan fingerprint density at radius 2 is 2.00 bits per heavy atom. The van der Waals surface area contributed by atoms with Gasteiger partial charge in [0.1, 0.15) is 0 Å². The predicted octanol–water partition coefficient (Wildman–Crippen LogP) is 2.61. The summed E-state index contributed by atoms with van der Waals surface area (Å²) in [5, 5.41) is 9.57. The summed E-state index contributed by atoms with van der Waals surface area (Å²) in [6.45, 7) is 2.42. The Labute approximate surface area is 140 Å². The van der Waals surface area contributed by atoms with Crippen molar-refractivity contribution in [2.75, 3.05) is 6.54 Å². The zero-order valence-electron chi connectivity index (χ0n) is 13.6. The zero-order valence-corrected chi connectivity index (χ0v) is 13.6. The van der Waals surface area contributed by atoms with Crippen molar-refractivity contribution in [2.24, 2.45) is 5.92 Å². The highest BCUT2D eigenvalue weighted by atomic mass is 16.4. The van der Waals surface area contributed by atoms with E-state index in [4.69, 9.17) is 0 Å². The highest BCUT2D eigenvalue weighted by Crippen LogP contribution is 2.39. The number of carbonyl (C=O) groups is 2. The highest BCUT2D eigenvalue weighted by Gasteiger charge is 2.44. The Balaban J connectivity index is 1.88. The molecular formula is C19H20N2O3. The Morgan fingerprint density at radius 1 is 1.25 bits per heavy atom. The normalized spacial score (nSPS) is 20.4. The Morgan fingerprint density at radius 3 is 2.67 bits per heavy atom. The molecule has 5 heteroatoms. The van der Waals surface area contributed by atoms with E-state index in [1.807, 2.05) is 49.4 Å². The highest BCUT2D eigenvalue weighted by molar-refractivity contribution is 5.87. The van der Waals surface area contributed by atoms with Crippen molar-refractivity contribution in [3.05, 3.63) is 65.5 Å². The molecule has 1 aliphatic rings. The van der Waals surface area contributed by atoms with E-state index in [9.17, 15) is 14.7 Å². The summed E-state index contributed by atoms with van der Waals surface area (Å²) in [5.74, 6) is -1.73. The van der Waals surface area contributed by atoms with Gasteiger partial charge in [-0.15, -0.1) is 0 Å². The van der Waals surface area contributed by atoms with Gasteiger partial charge >= 0.3 is 5.97 Å². The maximum Gasteiger partial charge on any atom is 0.309 e. The summed E-state index contributed by atoms with van der Waals surface area (Å²) in [4.78, 5) is 30.1. The van der Waals surface area contributed by atoms with Crippen LogP contribution in [0, 0.1) is 12.8 Å².